The van der Waals surface area contributed by atoms with Gasteiger partial charge in [-0.05, 0) is 49.3 Å². The first kappa shape index (κ1) is 21.7. The minimum Gasteiger partial charge on any atom is -0.504 e. The van der Waals surface area contributed by atoms with Crippen molar-refractivity contribution in [3.63, 3.8) is 0 Å². The molecule has 3 rings (SSSR count). The van der Waals surface area contributed by atoms with E-state index in [-0.39, 0.29) is 35.3 Å². The third kappa shape index (κ3) is 3.88. The number of phenolic OH excluding ortho intramolecular Hbond substituents is 1. The van der Waals surface area contributed by atoms with Crippen LogP contribution in [0.5, 0.6) is 11.5 Å². The molecule has 0 radical (unpaired) electrons. The van der Waals surface area contributed by atoms with Gasteiger partial charge in [0.05, 0.1) is 23.9 Å². The summed E-state index contributed by atoms with van der Waals surface area (Å²) in [5, 5.41) is 32.1. The summed E-state index contributed by atoms with van der Waals surface area (Å²) in [6.07, 6.45) is 4.63. The van der Waals surface area contributed by atoms with Crippen molar-refractivity contribution in [2.75, 3.05) is 7.11 Å². The number of benzene rings is 1. The molecule has 2 aliphatic rings. The molecular formula is C23H32O6. The Kier molecular flexibility index (Phi) is 5.47. The number of rotatable bonds is 4. The van der Waals surface area contributed by atoms with Crippen molar-refractivity contribution in [1.29, 1.82) is 0 Å². The maximum Gasteiger partial charge on any atom is 0.338 e. The molecule has 0 bridgehead atoms. The summed E-state index contributed by atoms with van der Waals surface area (Å²) in [7, 11) is 1.41. The topological polar surface area (TPSA) is 96.2 Å². The van der Waals surface area contributed by atoms with Crippen LogP contribution in [-0.4, -0.2) is 45.7 Å². The van der Waals surface area contributed by atoms with Crippen molar-refractivity contribution in [1.82, 2.24) is 0 Å². The van der Waals surface area contributed by atoms with Crippen molar-refractivity contribution in [3.8, 4) is 11.5 Å². The number of allylic oxidation sites excluding steroid dienone is 1. The smallest absolute Gasteiger partial charge is 0.338 e. The summed E-state index contributed by atoms with van der Waals surface area (Å²) in [5.41, 5.74) is -2.30. The van der Waals surface area contributed by atoms with E-state index in [4.69, 9.17) is 9.47 Å². The fraction of sp³-hybridized carbons (Fsp3) is 0.609. The van der Waals surface area contributed by atoms with Crippen LogP contribution < -0.4 is 4.74 Å². The summed E-state index contributed by atoms with van der Waals surface area (Å²) in [5.74, 6) is -0.836. The molecule has 2 aliphatic carbocycles. The summed E-state index contributed by atoms with van der Waals surface area (Å²) in [6.45, 7) is 7.69. The largest absolute Gasteiger partial charge is 0.504 e. The first-order valence-corrected chi connectivity index (χ1v) is 10.1. The Morgan fingerprint density at radius 3 is 2.48 bits per heavy atom. The van der Waals surface area contributed by atoms with E-state index >= 15 is 0 Å². The molecule has 5 atom stereocenters. The molecule has 0 unspecified atom stereocenters. The number of aliphatic hydroxyl groups is 2. The molecule has 0 aromatic heterocycles. The van der Waals surface area contributed by atoms with Gasteiger partial charge in [0.2, 0.25) is 0 Å². The maximum atomic E-state index is 12.9. The molecule has 3 N–H and O–H groups in total. The number of fused-ring (bicyclic) bond motifs is 1. The average molecular weight is 405 g/mol. The molecule has 1 aromatic carbocycles. The Labute approximate surface area is 172 Å². The highest BCUT2D eigenvalue weighted by Gasteiger charge is 2.60. The summed E-state index contributed by atoms with van der Waals surface area (Å²) < 4.78 is 11.0. The minimum atomic E-state index is -1.15. The monoisotopic (exact) mass is 404 g/mol. The molecule has 1 saturated carbocycles. The fourth-order valence-corrected chi connectivity index (χ4v) is 5.02. The Bertz CT molecular complexity index is 814. The molecule has 0 amide bonds. The summed E-state index contributed by atoms with van der Waals surface area (Å²) in [6, 6.07) is 4.27. The Morgan fingerprint density at radius 2 is 1.86 bits per heavy atom. The second kappa shape index (κ2) is 7.33. The number of carbonyl (C=O) groups is 1. The van der Waals surface area contributed by atoms with Gasteiger partial charge in [-0.15, -0.1) is 0 Å². The predicted octanol–water partition coefficient (Wildman–Crippen LogP) is 3.44. The minimum absolute atomic E-state index is 0.0271. The first-order valence-electron chi connectivity index (χ1n) is 10.1. The SMILES string of the molecule is COc1cc(C(=O)O[C@H]2C[C@](C)(O)C=C[C@]3(C)CC[C@](O)(C(C)C)[C@H]23)ccc1O. The molecule has 160 valence electrons. The lowest BCUT2D eigenvalue weighted by molar-refractivity contribution is -0.116. The lowest BCUT2D eigenvalue weighted by Gasteiger charge is -2.43. The lowest BCUT2D eigenvalue weighted by atomic mass is 9.68. The van der Waals surface area contributed by atoms with Crippen LogP contribution in [0.2, 0.25) is 0 Å². The number of hydrogen-bond donors (Lipinski definition) is 3. The van der Waals surface area contributed by atoms with Crippen LogP contribution in [0.15, 0.2) is 30.4 Å². The van der Waals surface area contributed by atoms with Crippen LogP contribution in [0.4, 0.5) is 0 Å². The van der Waals surface area contributed by atoms with Gasteiger partial charge >= 0.3 is 5.97 Å². The molecule has 1 aromatic rings. The molecule has 0 saturated heterocycles. The van der Waals surface area contributed by atoms with Crippen LogP contribution in [0.25, 0.3) is 0 Å². The number of ether oxygens (including phenoxy) is 2. The molecule has 0 heterocycles. The number of hydrogen-bond acceptors (Lipinski definition) is 6. The van der Waals surface area contributed by atoms with Crippen LogP contribution in [0.3, 0.4) is 0 Å². The first-order chi connectivity index (χ1) is 13.4. The highest BCUT2D eigenvalue weighted by molar-refractivity contribution is 5.90. The van der Waals surface area contributed by atoms with Crippen molar-refractivity contribution in [3.05, 3.63) is 35.9 Å². The Morgan fingerprint density at radius 1 is 1.17 bits per heavy atom. The standard InChI is InChI=1S/C23H32O6/c1-14(2)23(27)11-9-21(3)8-10-22(4,26)13-18(19(21)23)29-20(25)15-6-7-16(24)17(12-15)28-5/h6-8,10,12,14,18-19,24,26-27H,9,11,13H2,1-5H3/t18-,19+,21+,22+,23-/m0/s1. The van der Waals surface area contributed by atoms with Crippen LogP contribution in [0.1, 0.15) is 57.3 Å². The predicted molar refractivity (Wildman–Crippen MR) is 109 cm³/mol. The van der Waals surface area contributed by atoms with Gasteiger partial charge in [0.25, 0.3) is 0 Å². The maximum absolute atomic E-state index is 12.9. The van der Waals surface area contributed by atoms with E-state index in [1.165, 1.54) is 25.3 Å². The zero-order valence-electron chi connectivity index (χ0n) is 17.8. The summed E-state index contributed by atoms with van der Waals surface area (Å²) in [4.78, 5) is 12.9. The van der Waals surface area contributed by atoms with Crippen molar-refractivity contribution in [2.45, 2.75) is 64.3 Å². The molecule has 0 spiro atoms. The van der Waals surface area contributed by atoms with Gasteiger partial charge < -0.3 is 24.8 Å². The Balaban J connectivity index is 1.97. The second-order valence-electron chi connectivity index (χ2n) is 9.35. The van der Waals surface area contributed by atoms with Crippen LogP contribution >= 0.6 is 0 Å². The highest BCUT2D eigenvalue weighted by Crippen LogP contribution is 2.57. The number of esters is 1. The van der Waals surface area contributed by atoms with Gasteiger partial charge in [-0.3, -0.25) is 0 Å². The average Bonchev–Trinajstić information content (AvgIpc) is 2.87. The zero-order valence-corrected chi connectivity index (χ0v) is 17.8. The third-order valence-electron chi connectivity index (χ3n) is 6.80. The van der Waals surface area contributed by atoms with E-state index < -0.39 is 28.7 Å². The lowest BCUT2D eigenvalue weighted by Crippen LogP contribution is -2.51. The number of carbonyl (C=O) groups excluding carboxylic acids is 1. The number of aromatic hydroxyl groups is 1. The number of methoxy groups -OCH3 is 1. The van der Waals surface area contributed by atoms with Gasteiger partial charge in [0.15, 0.2) is 11.5 Å². The zero-order chi connectivity index (χ0) is 21.6. The summed E-state index contributed by atoms with van der Waals surface area (Å²) >= 11 is 0. The van der Waals surface area contributed by atoms with Crippen molar-refractivity contribution < 1.29 is 29.6 Å². The van der Waals surface area contributed by atoms with Gasteiger partial charge in [-0.1, -0.05) is 32.9 Å². The quantitative estimate of drug-likeness (QED) is 0.525. The molecule has 1 fully saturated rings. The van der Waals surface area contributed by atoms with Gasteiger partial charge in [0.1, 0.15) is 6.10 Å². The van der Waals surface area contributed by atoms with Crippen molar-refractivity contribution in [2.24, 2.45) is 17.3 Å². The van der Waals surface area contributed by atoms with Gasteiger partial charge in [-0.2, -0.15) is 0 Å². The molecule has 29 heavy (non-hydrogen) atoms. The van der Waals surface area contributed by atoms with E-state index in [9.17, 15) is 20.1 Å². The van der Waals surface area contributed by atoms with Crippen molar-refractivity contribution >= 4 is 5.97 Å². The van der Waals surface area contributed by atoms with Gasteiger partial charge in [0, 0.05) is 12.3 Å². The van der Waals surface area contributed by atoms with E-state index in [0.29, 0.717) is 6.42 Å². The molecule has 6 nitrogen and oxygen atoms in total. The van der Waals surface area contributed by atoms with E-state index in [1.807, 2.05) is 19.9 Å². The second-order valence-corrected chi connectivity index (χ2v) is 9.35. The van der Waals surface area contributed by atoms with Gasteiger partial charge in [-0.25, -0.2) is 4.79 Å². The third-order valence-corrected chi connectivity index (χ3v) is 6.80. The molecule has 0 aliphatic heterocycles. The van der Waals surface area contributed by atoms with E-state index in [0.717, 1.165) is 6.42 Å². The van der Waals surface area contributed by atoms with Crippen LogP contribution in [-0.2, 0) is 4.74 Å². The van der Waals surface area contributed by atoms with E-state index in [2.05, 4.69) is 6.92 Å². The van der Waals surface area contributed by atoms with Crippen LogP contribution in [0, 0.1) is 17.3 Å². The normalized spacial score (nSPS) is 36.6. The number of phenols is 1. The Hall–Kier alpha value is -2.05. The fourth-order valence-electron chi connectivity index (χ4n) is 5.02. The van der Waals surface area contributed by atoms with E-state index in [1.54, 1.807) is 13.0 Å². The molecular weight excluding hydrogens is 372 g/mol. The highest BCUT2D eigenvalue weighted by atomic mass is 16.5. The molecule has 6 heteroatoms.